The van der Waals surface area contributed by atoms with E-state index in [0.29, 0.717) is 32.4 Å². The van der Waals surface area contributed by atoms with Crippen LogP contribution in [0.1, 0.15) is 37.3 Å². The van der Waals surface area contributed by atoms with Gasteiger partial charge in [0.25, 0.3) is 5.91 Å². The Morgan fingerprint density at radius 2 is 1.78 bits per heavy atom. The van der Waals surface area contributed by atoms with Crippen molar-refractivity contribution in [3.63, 3.8) is 0 Å². The van der Waals surface area contributed by atoms with E-state index in [1.165, 1.54) is 0 Å². The van der Waals surface area contributed by atoms with Crippen molar-refractivity contribution in [1.29, 1.82) is 0 Å². The predicted molar refractivity (Wildman–Crippen MR) is 133 cm³/mol. The van der Waals surface area contributed by atoms with Crippen molar-refractivity contribution < 1.29 is 29.0 Å². The number of cyclic esters (lactones) is 1. The van der Waals surface area contributed by atoms with Crippen molar-refractivity contribution in [3.8, 4) is 0 Å². The lowest BCUT2D eigenvalue weighted by Crippen LogP contribution is -2.56. The third kappa shape index (κ3) is 3.45. The molecule has 1 unspecified atom stereocenters. The molecule has 1 spiro atoms. The van der Waals surface area contributed by atoms with Crippen LogP contribution in [0, 0.1) is 25.7 Å². The highest BCUT2D eigenvalue weighted by molar-refractivity contribution is 6.06. The van der Waals surface area contributed by atoms with E-state index in [4.69, 9.17) is 9.47 Å². The molecule has 0 bridgehead atoms. The maximum absolute atomic E-state index is 14.4. The molecule has 1 aromatic rings. The first-order valence-corrected chi connectivity index (χ1v) is 12.8. The number of unbranched alkanes of at least 4 members (excludes halogenated alkanes) is 1. The lowest BCUT2D eigenvalue weighted by atomic mass is 9.73. The van der Waals surface area contributed by atoms with E-state index in [1.54, 1.807) is 15.9 Å². The van der Waals surface area contributed by atoms with E-state index in [0.717, 1.165) is 16.8 Å². The first-order chi connectivity index (χ1) is 17.3. The Balaban J connectivity index is 1.66. The molecule has 2 saturated heterocycles. The minimum atomic E-state index is -1.29. The van der Waals surface area contributed by atoms with Crippen LogP contribution in [0.2, 0.25) is 0 Å². The van der Waals surface area contributed by atoms with Crippen molar-refractivity contribution in [2.24, 2.45) is 11.8 Å². The summed E-state index contributed by atoms with van der Waals surface area (Å²) in [5, 5.41) is 9.35. The van der Waals surface area contributed by atoms with Crippen molar-refractivity contribution in [2.75, 3.05) is 31.2 Å². The van der Waals surface area contributed by atoms with Crippen LogP contribution in [0.5, 0.6) is 0 Å². The van der Waals surface area contributed by atoms with Crippen LogP contribution in [0.25, 0.3) is 0 Å². The molecule has 0 radical (unpaired) electrons. The Labute approximate surface area is 211 Å². The number of rotatable bonds is 6. The van der Waals surface area contributed by atoms with Gasteiger partial charge in [-0.1, -0.05) is 43.4 Å². The molecule has 1 aromatic carbocycles. The highest BCUT2D eigenvalue weighted by Gasteiger charge is 2.75. The van der Waals surface area contributed by atoms with Gasteiger partial charge in [-0.25, -0.2) is 0 Å². The Hall–Kier alpha value is -2.97. The fourth-order valence-electron chi connectivity index (χ4n) is 6.66. The number of carbonyl (C=O) groups excluding carboxylic acids is 3. The number of benzene rings is 1. The number of aryl methyl sites for hydroxylation is 2. The number of amides is 2. The first kappa shape index (κ1) is 24.7. The predicted octanol–water partition coefficient (Wildman–Crippen LogP) is 2.45. The normalized spacial score (nSPS) is 33.2. The molecular formula is C28H34N2O6. The number of ether oxygens (including phenoxy) is 2. The van der Waals surface area contributed by atoms with Crippen LogP contribution in [0.4, 0.5) is 5.69 Å². The van der Waals surface area contributed by atoms with Crippen LogP contribution in [-0.4, -0.2) is 71.3 Å². The largest absolute Gasteiger partial charge is 0.461 e. The van der Waals surface area contributed by atoms with Gasteiger partial charge in [-0.2, -0.15) is 0 Å². The Morgan fingerprint density at radius 1 is 1.03 bits per heavy atom. The molecule has 5 rings (SSSR count). The maximum Gasteiger partial charge on any atom is 0.313 e. The third-order valence-electron chi connectivity index (χ3n) is 8.21. The maximum atomic E-state index is 14.4. The molecular weight excluding hydrogens is 460 g/mol. The fraction of sp³-hybridized carbons (Fsp3) is 0.536. The van der Waals surface area contributed by atoms with Crippen LogP contribution in [0.15, 0.2) is 42.5 Å². The van der Waals surface area contributed by atoms with Crippen molar-refractivity contribution >= 4 is 23.5 Å². The number of nitrogens with zero attached hydrogens (tertiary/aromatic N) is 2. The number of esters is 1. The van der Waals surface area contributed by atoms with Crippen LogP contribution >= 0.6 is 0 Å². The molecule has 1 N–H and O–H groups in total. The number of fused-ring (bicyclic) bond motifs is 2. The van der Waals surface area contributed by atoms with E-state index < -0.39 is 35.0 Å². The average molecular weight is 495 g/mol. The number of aliphatic hydroxyl groups is 1. The van der Waals surface area contributed by atoms with Gasteiger partial charge in [0, 0.05) is 25.4 Å². The average Bonchev–Trinajstić information content (AvgIpc) is 3.12. The second-order valence-corrected chi connectivity index (χ2v) is 10.2. The van der Waals surface area contributed by atoms with Crippen LogP contribution in [0.3, 0.4) is 0 Å². The second-order valence-electron chi connectivity index (χ2n) is 10.2. The SMILES string of the molecule is CC[C@@]12C=CCOC(=O)[C@@H]1[C@H]1C(=O)N(CCCCO)C3C(=O)N(c4c(C)cccc4C)CC=C[C@@]31O2. The Morgan fingerprint density at radius 3 is 2.47 bits per heavy atom. The molecule has 0 aliphatic carbocycles. The molecule has 2 amide bonds. The molecule has 4 heterocycles. The van der Waals surface area contributed by atoms with Gasteiger partial charge in [0.15, 0.2) is 0 Å². The number of hydrogen-bond acceptors (Lipinski definition) is 6. The van der Waals surface area contributed by atoms with Crippen molar-refractivity contribution in [3.05, 3.63) is 53.6 Å². The molecule has 8 nitrogen and oxygen atoms in total. The van der Waals surface area contributed by atoms with Gasteiger partial charge < -0.3 is 24.4 Å². The third-order valence-corrected chi connectivity index (χ3v) is 8.21. The lowest BCUT2D eigenvalue weighted by Gasteiger charge is -2.38. The lowest BCUT2D eigenvalue weighted by molar-refractivity contribution is -0.157. The van der Waals surface area contributed by atoms with Crippen molar-refractivity contribution in [1.82, 2.24) is 4.90 Å². The summed E-state index contributed by atoms with van der Waals surface area (Å²) in [6.07, 6.45) is 8.87. The minimum Gasteiger partial charge on any atom is -0.461 e. The summed E-state index contributed by atoms with van der Waals surface area (Å²) >= 11 is 0. The standard InChI is InChI=1S/C28H34N2O6/c1-4-27-12-9-17-35-26(34)21(27)20-24(32)30(14-5-6-16-31)23-25(33)29(15-8-13-28(20,23)36-27)22-18(2)10-7-11-19(22)3/h7-13,20-21,23,31H,4-6,14-17H2,1-3H3/t20-,21-,23?,27+,28-/m0/s1. The molecule has 2 fully saturated rings. The summed E-state index contributed by atoms with van der Waals surface area (Å²) in [4.78, 5) is 45.1. The second kappa shape index (κ2) is 9.16. The summed E-state index contributed by atoms with van der Waals surface area (Å²) in [6, 6.07) is 4.97. The van der Waals surface area contributed by atoms with Gasteiger partial charge in [0.05, 0.1) is 5.92 Å². The van der Waals surface area contributed by atoms with E-state index in [9.17, 15) is 19.5 Å². The molecule has 36 heavy (non-hydrogen) atoms. The Kier molecular flexibility index (Phi) is 6.29. The van der Waals surface area contributed by atoms with E-state index in [2.05, 4.69) is 0 Å². The molecule has 0 saturated carbocycles. The van der Waals surface area contributed by atoms with Gasteiger partial charge in [0.2, 0.25) is 5.91 Å². The van der Waals surface area contributed by atoms with Crippen LogP contribution < -0.4 is 4.90 Å². The fourth-order valence-corrected chi connectivity index (χ4v) is 6.66. The van der Waals surface area contributed by atoms with E-state index in [-0.39, 0.29) is 25.0 Å². The van der Waals surface area contributed by atoms with Gasteiger partial charge in [0.1, 0.15) is 29.8 Å². The van der Waals surface area contributed by atoms with Gasteiger partial charge >= 0.3 is 5.97 Å². The van der Waals surface area contributed by atoms with Gasteiger partial charge in [-0.15, -0.1) is 0 Å². The number of anilines is 1. The Bertz CT molecular complexity index is 1120. The van der Waals surface area contributed by atoms with Gasteiger partial charge in [-0.05, 0) is 50.3 Å². The smallest absolute Gasteiger partial charge is 0.313 e. The molecule has 5 atom stereocenters. The van der Waals surface area contributed by atoms with Crippen LogP contribution in [-0.2, 0) is 23.9 Å². The summed E-state index contributed by atoms with van der Waals surface area (Å²) in [6.45, 7) is 6.63. The summed E-state index contributed by atoms with van der Waals surface area (Å²) in [5.41, 5.74) is 0.443. The monoisotopic (exact) mass is 494 g/mol. The number of carbonyl (C=O) groups is 3. The van der Waals surface area contributed by atoms with E-state index >= 15 is 0 Å². The van der Waals surface area contributed by atoms with E-state index in [1.807, 2.05) is 57.2 Å². The number of aliphatic hydroxyl groups excluding tert-OH is 1. The van der Waals surface area contributed by atoms with Gasteiger partial charge in [-0.3, -0.25) is 14.4 Å². The zero-order valence-corrected chi connectivity index (χ0v) is 21.1. The first-order valence-electron chi connectivity index (χ1n) is 12.8. The number of para-hydroxylation sites is 1. The summed E-state index contributed by atoms with van der Waals surface area (Å²) < 4.78 is 12.3. The minimum absolute atomic E-state index is 0.00115. The molecule has 4 aliphatic rings. The zero-order valence-electron chi connectivity index (χ0n) is 21.1. The molecule has 0 aromatic heterocycles. The summed E-state index contributed by atoms with van der Waals surface area (Å²) in [7, 11) is 0. The highest BCUT2D eigenvalue weighted by Crippen LogP contribution is 2.58. The number of hydrogen-bond donors (Lipinski definition) is 1. The topological polar surface area (TPSA) is 96.4 Å². The number of likely N-dealkylation sites (tertiary alicyclic amines) is 1. The zero-order chi connectivity index (χ0) is 25.7. The highest BCUT2D eigenvalue weighted by atomic mass is 16.6. The molecule has 4 aliphatic heterocycles. The quantitative estimate of drug-likeness (QED) is 0.371. The molecule has 192 valence electrons. The summed E-state index contributed by atoms with van der Waals surface area (Å²) in [5.74, 6) is -2.68. The van der Waals surface area contributed by atoms with Crippen molar-refractivity contribution in [2.45, 2.75) is 57.3 Å². The molecule has 8 heteroatoms.